The van der Waals surface area contributed by atoms with E-state index in [0.717, 1.165) is 28.9 Å². The Morgan fingerprint density at radius 2 is 1.88 bits per heavy atom. The van der Waals surface area contributed by atoms with Gasteiger partial charge in [-0.1, -0.05) is 37.3 Å². The molecule has 0 unspecified atom stereocenters. The molecule has 1 aromatic carbocycles. The van der Waals surface area contributed by atoms with Crippen molar-refractivity contribution >= 4 is 33.4 Å². The average Bonchev–Trinajstić information content (AvgIpc) is 3.19. The number of aryl methyl sites for hydroxylation is 2. The van der Waals surface area contributed by atoms with E-state index < -0.39 is 0 Å². The van der Waals surface area contributed by atoms with Gasteiger partial charge in [-0.05, 0) is 25.0 Å². The molecule has 0 aliphatic rings. The Bertz CT molecular complexity index is 968. The van der Waals surface area contributed by atoms with Crippen molar-refractivity contribution in [1.29, 1.82) is 0 Å². The molecule has 2 heterocycles. The van der Waals surface area contributed by atoms with Crippen molar-refractivity contribution in [2.75, 3.05) is 5.32 Å². The molecular formula is C18H23N5O2S. The number of nitrogens with zero attached hydrogens (tertiary/aromatic N) is 4. The quantitative estimate of drug-likeness (QED) is 0.690. The number of hydrogen-bond acceptors (Lipinski definition) is 5. The molecule has 0 radical (unpaired) electrons. The number of rotatable bonds is 7. The van der Waals surface area contributed by atoms with E-state index >= 15 is 0 Å². The van der Waals surface area contributed by atoms with Gasteiger partial charge in [0.05, 0.1) is 11.0 Å². The molecule has 138 valence electrons. The molecule has 0 saturated heterocycles. The highest BCUT2D eigenvalue weighted by Crippen LogP contribution is 2.28. The molecule has 0 fully saturated rings. The lowest BCUT2D eigenvalue weighted by Gasteiger charge is -2.06. The first-order valence-electron chi connectivity index (χ1n) is 8.82. The first kappa shape index (κ1) is 18.3. The first-order chi connectivity index (χ1) is 12.5. The fraction of sp³-hybridized carbons (Fsp3) is 0.444. The molecule has 0 bridgehead atoms. The lowest BCUT2D eigenvalue weighted by molar-refractivity contribution is -0.116. The summed E-state index contributed by atoms with van der Waals surface area (Å²) in [5, 5.41) is 12.5. The van der Waals surface area contributed by atoms with Gasteiger partial charge in [0.1, 0.15) is 5.01 Å². The topological polar surface area (TPSA) is 81.8 Å². The van der Waals surface area contributed by atoms with E-state index in [0.29, 0.717) is 17.6 Å². The van der Waals surface area contributed by atoms with Crippen LogP contribution >= 0.6 is 11.3 Å². The second kappa shape index (κ2) is 7.82. The monoisotopic (exact) mass is 373 g/mol. The van der Waals surface area contributed by atoms with Crippen molar-refractivity contribution in [1.82, 2.24) is 19.3 Å². The Morgan fingerprint density at radius 3 is 2.58 bits per heavy atom. The number of fused-ring (bicyclic) bond motifs is 1. The molecular weight excluding hydrogens is 350 g/mol. The van der Waals surface area contributed by atoms with Crippen LogP contribution in [0.4, 0.5) is 5.13 Å². The number of imidazole rings is 1. The van der Waals surface area contributed by atoms with Gasteiger partial charge in [0.25, 0.3) is 0 Å². The molecule has 1 N–H and O–H groups in total. The van der Waals surface area contributed by atoms with E-state index in [1.54, 1.807) is 16.2 Å². The highest BCUT2D eigenvalue weighted by atomic mass is 32.1. The van der Waals surface area contributed by atoms with Crippen molar-refractivity contribution < 1.29 is 4.79 Å². The lowest BCUT2D eigenvalue weighted by Crippen LogP contribution is -2.24. The molecule has 0 spiro atoms. The van der Waals surface area contributed by atoms with Crippen LogP contribution in [0.2, 0.25) is 0 Å². The molecule has 1 amide bonds. The summed E-state index contributed by atoms with van der Waals surface area (Å²) >= 11 is 1.42. The third-order valence-electron chi connectivity index (χ3n) is 4.64. The van der Waals surface area contributed by atoms with Crippen LogP contribution in [0.25, 0.3) is 11.0 Å². The fourth-order valence-electron chi connectivity index (χ4n) is 3.06. The number of carbonyl (C=O) groups is 1. The first-order valence-corrected chi connectivity index (χ1v) is 9.64. The Morgan fingerprint density at radius 1 is 1.19 bits per heavy atom. The Kier molecular flexibility index (Phi) is 5.51. The molecule has 8 heteroatoms. The standard InChI is InChI=1S/C18H23N5O2S/c1-4-12(5-2)16-20-21-17(26-16)19-15(24)10-11-23-14-9-7-6-8-13(14)22(3)18(23)25/h6-9,12H,4-5,10-11H2,1-3H3,(H,19,21,24). The van der Waals surface area contributed by atoms with Gasteiger partial charge in [-0.15, -0.1) is 10.2 Å². The van der Waals surface area contributed by atoms with Crippen LogP contribution in [-0.2, 0) is 18.4 Å². The number of carbonyl (C=O) groups excluding carboxylic acids is 1. The van der Waals surface area contributed by atoms with E-state index in [1.165, 1.54) is 11.3 Å². The summed E-state index contributed by atoms with van der Waals surface area (Å²) in [6, 6.07) is 7.57. The van der Waals surface area contributed by atoms with Crippen molar-refractivity contribution in [3.05, 3.63) is 39.8 Å². The van der Waals surface area contributed by atoms with E-state index in [2.05, 4.69) is 29.4 Å². The maximum absolute atomic E-state index is 12.4. The van der Waals surface area contributed by atoms with E-state index in [1.807, 2.05) is 24.3 Å². The lowest BCUT2D eigenvalue weighted by atomic mass is 10.1. The van der Waals surface area contributed by atoms with Crippen molar-refractivity contribution in [3.8, 4) is 0 Å². The summed E-state index contributed by atoms with van der Waals surface area (Å²) in [4.78, 5) is 24.6. The van der Waals surface area contributed by atoms with Crippen LogP contribution in [-0.4, -0.2) is 25.2 Å². The van der Waals surface area contributed by atoms with E-state index in [4.69, 9.17) is 0 Å². The van der Waals surface area contributed by atoms with Gasteiger partial charge in [0, 0.05) is 25.9 Å². The summed E-state index contributed by atoms with van der Waals surface area (Å²) in [6.45, 7) is 4.57. The Labute approximate surface area is 155 Å². The minimum atomic E-state index is -0.169. The van der Waals surface area contributed by atoms with Crippen molar-refractivity contribution in [3.63, 3.8) is 0 Å². The van der Waals surface area contributed by atoms with Crippen LogP contribution in [0, 0.1) is 0 Å². The maximum atomic E-state index is 12.4. The van der Waals surface area contributed by atoms with Gasteiger partial charge < -0.3 is 5.32 Å². The molecule has 26 heavy (non-hydrogen) atoms. The van der Waals surface area contributed by atoms with Gasteiger partial charge in [0.15, 0.2) is 0 Å². The van der Waals surface area contributed by atoms with Crippen LogP contribution in [0.1, 0.15) is 44.0 Å². The van der Waals surface area contributed by atoms with Gasteiger partial charge in [-0.3, -0.25) is 13.9 Å². The number of anilines is 1. The summed E-state index contributed by atoms with van der Waals surface area (Å²) in [5.41, 5.74) is 1.57. The summed E-state index contributed by atoms with van der Waals surface area (Å²) in [7, 11) is 1.74. The van der Waals surface area contributed by atoms with Crippen LogP contribution in [0.3, 0.4) is 0 Å². The molecule has 2 aromatic heterocycles. The zero-order valence-electron chi connectivity index (χ0n) is 15.2. The van der Waals surface area contributed by atoms with E-state index in [-0.39, 0.29) is 18.0 Å². The Balaban J connectivity index is 1.67. The van der Waals surface area contributed by atoms with Gasteiger partial charge >= 0.3 is 5.69 Å². The van der Waals surface area contributed by atoms with E-state index in [9.17, 15) is 9.59 Å². The minimum Gasteiger partial charge on any atom is -0.300 e. The predicted octanol–water partition coefficient (Wildman–Crippen LogP) is 3.12. The number of para-hydroxylation sites is 2. The molecule has 0 saturated carbocycles. The highest BCUT2D eigenvalue weighted by Gasteiger charge is 2.15. The second-order valence-corrected chi connectivity index (χ2v) is 7.25. The smallest absolute Gasteiger partial charge is 0.300 e. The number of benzene rings is 1. The maximum Gasteiger partial charge on any atom is 0.328 e. The predicted molar refractivity (Wildman–Crippen MR) is 104 cm³/mol. The van der Waals surface area contributed by atoms with Crippen LogP contribution in [0.15, 0.2) is 29.1 Å². The molecule has 0 atom stereocenters. The fourth-order valence-corrected chi connectivity index (χ4v) is 4.09. The number of hydrogen-bond donors (Lipinski definition) is 1. The SMILES string of the molecule is CCC(CC)c1nnc(NC(=O)CCn2c(=O)n(C)c3ccccc32)s1. The zero-order chi connectivity index (χ0) is 18.7. The van der Waals surface area contributed by atoms with Crippen LogP contribution in [0.5, 0.6) is 0 Å². The number of nitrogens with one attached hydrogen (secondary N) is 1. The number of aromatic nitrogens is 4. The van der Waals surface area contributed by atoms with Crippen LogP contribution < -0.4 is 11.0 Å². The summed E-state index contributed by atoms with van der Waals surface area (Å²) in [5.74, 6) is 0.212. The third-order valence-corrected chi connectivity index (χ3v) is 5.64. The zero-order valence-corrected chi connectivity index (χ0v) is 16.0. The second-order valence-electron chi connectivity index (χ2n) is 6.24. The minimum absolute atomic E-state index is 0.120. The average molecular weight is 373 g/mol. The van der Waals surface area contributed by atoms with Crippen molar-refractivity contribution in [2.45, 2.75) is 45.6 Å². The molecule has 3 rings (SSSR count). The molecule has 7 nitrogen and oxygen atoms in total. The molecule has 0 aliphatic carbocycles. The van der Waals surface area contributed by atoms with Crippen molar-refractivity contribution in [2.24, 2.45) is 7.05 Å². The Hall–Kier alpha value is -2.48. The van der Waals surface area contributed by atoms with Gasteiger partial charge in [-0.25, -0.2) is 4.79 Å². The van der Waals surface area contributed by atoms with Gasteiger partial charge in [0.2, 0.25) is 11.0 Å². The normalized spacial score (nSPS) is 11.4. The molecule has 0 aliphatic heterocycles. The number of amides is 1. The summed E-state index contributed by atoms with van der Waals surface area (Å²) < 4.78 is 3.23. The largest absolute Gasteiger partial charge is 0.328 e. The highest BCUT2D eigenvalue weighted by molar-refractivity contribution is 7.15. The third kappa shape index (κ3) is 3.55. The van der Waals surface area contributed by atoms with Gasteiger partial charge in [-0.2, -0.15) is 0 Å². The summed E-state index contributed by atoms with van der Waals surface area (Å²) in [6.07, 6.45) is 2.21. The molecule has 3 aromatic rings.